The van der Waals surface area contributed by atoms with Gasteiger partial charge in [-0.2, -0.15) is 4.79 Å². The van der Waals surface area contributed by atoms with Crippen molar-refractivity contribution >= 4 is 35.5 Å². The standard InChI is InChI=1S/C15H19N3O5S/c1-3-14(2)7-18(13(22)23)11(21)15(12(18)24-14)9(19)6-4-5-8(16)10(20)17-15/h3,8,12H,1,4-7,16H2,2H3,(H-,17,20,22,23)/p+1/t8?,12-,14+,15-,18?/m0/s1. The molecule has 3 amide bonds. The highest BCUT2D eigenvalue weighted by atomic mass is 32.2. The van der Waals surface area contributed by atoms with Crippen molar-refractivity contribution in [2.45, 2.75) is 47.9 Å². The number of Topliss-reactive ketones (excluding diaryl/α,β-unsaturated/α-hetero) is 1. The van der Waals surface area contributed by atoms with Gasteiger partial charge in [-0.25, -0.2) is 4.79 Å². The van der Waals surface area contributed by atoms with E-state index in [0.717, 1.165) is 0 Å². The predicted octanol–water partition coefficient (Wildman–Crippen LogP) is -0.0257. The van der Waals surface area contributed by atoms with E-state index in [4.69, 9.17) is 5.73 Å². The minimum atomic E-state index is -1.81. The topological polar surface area (TPSA) is 127 Å². The van der Waals surface area contributed by atoms with Gasteiger partial charge in [-0.3, -0.25) is 9.59 Å². The smallest absolute Gasteiger partial charge is 0.435 e. The lowest BCUT2D eigenvalue weighted by Gasteiger charge is -2.52. The number of fused-ring (bicyclic) bond motifs is 2. The van der Waals surface area contributed by atoms with Gasteiger partial charge in [0.05, 0.1) is 10.8 Å². The summed E-state index contributed by atoms with van der Waals surface area (Å²) in [4.78, 5) is 49.8. The number of hydrogen-bond donors (Lipinski definition) is 3. The summed E-state index contributed by atoms with van der Waals surface area (Å²) in [7, 11) is 0. The first-order valence-electron chi connectivity index (χ1n) is 7.72. The number of amides is 3. The summed E-state index contributed by atoms with van der Waals surface area (Å²) in [5.41, 5.74) is 3.96. The molecule has 0 radical (unpaired) electrons. The van der Waals surface area contributed by atoms with Gasteiger partial charge in [-0.1, -0.05) is 17.8 Å². The largest absolute Gasteiger partial charge is 0.522 e. The Morgan fingerprint density at radius 2 is 2.17 bits per heavy atom. The van der Waals surface area contributed by atoms with E-state index < -0.39 is 49.9 Å². The lowest BCUT2D eigenvalue weighted by atomic mass is 9.77. The number of carbonyl (C=O) groups excluding carboxylic acids is 3. The molecular formula is C15H20N3O5S+. The van der Waals surface area contributed by atoms with Gasteiger partial charge < -0.3 is 16.2 Å². The fraction of sp³-hybridized carbons (Fsp3) is 0.600. The molecule has 0 aromatic heterocycles. The molecule has 0 bridgehead atoms. The maximum Gasteiger partial charge on any atom is 0.522 e. The number of nitrogens with two attached hydrogens (primary N) is 1. The van der Waals surface area contributed by atoms with E-state index in [2.05, 4.69) is 11.9 Å². The van der Waals surface area contributed by atoms with E-state index in [-0.39, 0.29) is 13.0 Å². The molecule has 9 heteroatoms. The number of carbonyl (C=O) groups is 4. The van der Waals surface area contributed by atoms with Gasteiger partial charge in [0.1, 0.15) is 6.54 Å². The Morgan fingerprint density at radius 3 is 2.75 bits per heavy atom. The van der Waals surface area contributed by atoms with Crippen molar-refractivity contribution in [1.29, 1.82) is 0 Å². The third-order valence-corrected chi connectivity index (χ3v) is 6.97. The summed E-state index contributed by atoms with van der Waals surface area (Å²) in [6.45, 7) is 5.48. The zero-order valence-electron chi connectivity index (χ0n) is 13.3. The second-order valence-electron chi connectivity index (χ2n) is 6.82. The lowest BCUT2D eigenvalue weighted by Crippen LogP contribution is -2.90. The van der Waals surface area contributed by atoms with Crippen molar-refractivity contribution in [3.8, 4) is 0 Å². The van der Waals surface area contributed by atoms with E-state index in [1.54, 1.807) is 13.0 Å². The number of quaternary nitrogens is 1. The normalized spacial score (nSPS) is 45.0. The van der Waals surface area contributed by atoms with Gasteiger partial charge in [0.2, 0.25) is 5.91 Å². The molecule has 3 aliphatic heterocycles. The molecule has 3 rings (SSSR count). The van der Waals surface area contributed by atoms with E-state index in [0.29, 0.717) is 12.8 Å². The molecular weight excluding hydrogens is 334 g/mol. The molecule has 2 unspecified atom stereocenters. The number of β-lactam (4-membered cyclic amide) rings is 1. The number of imide groups is 1. The SMILES string of the molecule is C=C[C@]1(C)C[N+]2(C(=O)O)C(=O)[C@]3(NC(=O)C(N)CCCC3=O)[C@@H]2S1. The molecule has 24 heavy (non-hydrogen) atoms. The summed E-state index contributed by atoms with van der Waals surface area (Å²) in [5.74, 6) is -1.81. The minimum Gasteiger partial charge on any atom is -0.435 e. The third-order valence-electron chi connectivity index (χ3n) is 5.20. The van der Waals surface area contributed by atoms with Gasteiger partial charge in [-0.15, -0.1) is 11.1 Å². The summed E-state index contributed by atoms with van der Waals surface area (Å²) in [6, 6.07) is -0.813. The van der Waals surface area contributed by atoms with Crippen LogP contribution < -0.4 is 11.1 Å². The Hall–Kier alpha value is -1.71. The van der Waals surface area contributed by atoms with E-state index in [1.165, 1.54) is 11.8 Å². The van der Waals surface area contributed by atoms with E-state index >= 15 is 0 Å². The first-order chi connectivity index (χ1) is 11.1. The zero-order chi connectivity index (χ0) is 17.9. The van der Waals surface area contributed by atoms with Crippen LogP contribution in [0.25, 0.3) is 0 Å². The number of carboxylic acid groups (broad SMARTS) is 1. The van der Waals surface area contributed by atoms with Crippen molar-refractivity contribution in [2.75, 3.05) is 6.54 Å². The lowest BCUT2D eigenvalue weighted by molar-refractivity contribution is -0.823. The summed E-state index contributed by atoms with van der Waals surface area (Å²) in [5, 5.41) is 11.3. The summed E-state index contributed by atoms with van der Waals surface area (Å²) < 4.78 is -1.55. The van der Waals surface area contributed by atoms with Crippen molar-refractivity contribution in [3.63, 3.8) is 0 Å². The monoisotopic (exact) mass is 354 g/mol. The first-order valence-corrected chi connectivity index (χ1v) is 8.60. The quantitative estimate of drug-likeness (QED) is 0.261. The predicted molar refractivity (Wildman–Crippen MR) is 85.8 cm³/mol. The minimum absolute atomic E-state index is 0.00302. The second kappa shape index (κ2) is 5.14. The number of ketones is 1. The molecule has 3 aliphatic rings. The van der Waals surface area contributed by atoms with Crippen molar-refractivity contribution in [1.82, 2.24) is 5.32 Å². The van der Waals surface area contributed by atoms with Crippen LogP contribution in [0.2, 0.25) is 0 Å². The molecule has 4 N–H and O–H groups in total. The Balaban J connectivity index is 2.09. The van der Waals surface area contributed by atoms with Gasteiger partial charge in [0.25, 0.3) is 5.54 Å². The number of rotatable bonds is 1. The third kappa shape index (κ3) is 1.88. The highest BCUT2D eigenvalue weighted by molar-refractivity contribution is 8.01. The average Bonchev–Trinajstić information content (AvgIpc) is 2.83. The maximum atomic E-state index is 13.0. The van der Waals surface area contributed by atoms with Crippen LogP contribution in [0.1, 0.15) is 26.2 Å². The fourth-order valence-corrected chi connectivity index (χ4v) is 5.61. The molecule has 0 aromatic carbocycles. The molecule has 0 aromatic rings. The molecule has 3 fully saturated rings. The molecule has 3 heterocycles. The summed E-state index contributed by atoms with van der Waals surface area (Å²) >= 11 is 1.20. The molecule has 1 spiro atoms. The van der Waals surface area contributed by atoms with E-state index in [1.807, 2.05) is 0 Å². The van der Waals surface area contributed by atoms with Crippen LogP contribution in [-0.4, -0.2) is 61.5 Å². The van der Waals surface area contributed by atoms with Crippen LogP contribution >= 0.6 is 11.8 Å². The molecule has 0 aliphatic carbocycles. The van der Waals surface area contributed by atoms with Crippen LogP contribution in [0.5, 0.6) is 0 Å². The first kappa shape index (κ1) is 17.1. The zero-order valence-corrected chi connectivity index (χ0v) is 14.1. The van der Waals surface area contributed by atoms with Crippen LogP contribution in [0.15, 0.2) is 12.7 Å². The molecule has 130 valence electrons. The Kier molecular flexibility index (Phi) is 3.67. The van der Waals surface area contributed by atoms with Gasteiger partial charge in [-0.05, 0) is 19.8 Å². The molecule has 5 atom stereocenters. The van der Waals surface area contributed by atoms with Crippen molar-refractivity contribution < 1.29 is 28.8 Å². The summed E-state index contributed by atoms with van der Waals surface area (Å²) in [6.07, 6.45) is 1.10. The Morgan fingerprint density at radius 1 is 1.50 bits per heavy atom. The fourth-order valence-electron chi connectivity index (χ4n) is 3.82. The average molecular weight is 354 g/mol. The molecule has 8 nitrogen and oxygen atoms in total. The number of nitrogens with one attached hydrogen (secondary N) is 1. The highest BCUT2D eigenvalue weighted by Gasteiger charge is 2.86. The number of nitrogens with zero attached hydrogens (tertiary/aromatic N) is 1. The van der Waals surface area contributed by atoms with E-state index in [9.17, 15) is 24.3 Å². The van der Waals surface area contributed by atoms with Gasteiger partial charge in [0, 0.05) is 6.42 Å². The maximum absolute atomic E-state index is 13.0. The number of thioether (sulfide) groups is 1. The number of hydrogen-bond acceptors (Lipinski definition) is 6. The van der Waals surface area contributed by atoms with Crippen LogP contribution in [0.3, 0.4) is 0 Å². The van der Waals surface area contributed by atoms with Crippen LogP contribution in [0, 0.1) is 0 Å². The van der Waals surface area contributed by atoms with Gasteiger partial charge in [0.15, 0.2) is 11.2 Å². The Bertz CT molecular complexity index is 682. The van der Waals surface area contributed by atoms with Crippen LogP contribution in [0.4, 0.5) is 4.79 Å². The van der Waals surface area contributed by atoms with Gasteiger partial charge >= 0.3 is 12.0 Å². The molecule has 0 saturated carbocycles. The second-order valence-corrected chi connectivity index (χ2v) is 8.44. The Labute approximate surface area is 143 Å². The molecule has 3 saturated heterocycles. The highest BCUT2D eigenvalue weighted by Crippen LogP contribution is 2.58. The van der Waals surface area contributed by atoms with Crippen molar-refractivity contribution in [3.05, 3.63) is 12.7 Å². The van der Waals surface area contributed by atoms with Crippen LogP contribution in [-0.2, 0) is 14.4 Å². The van der Waals surface area contributed by atoms with Crippen molar-refractivity contribution in [2.24, 2.45) is 5.73 Å².